The first-order chi connectivity index (χ1) is 11.0. The minimum absolute atomic E-state index is 0.0658. The fourth-order valence-corrected chi connectivity index (χ4v) is 3.09. The smallest absolute Gasteiger partial charge is 0.254 e. The molecule has 0 aliphatic carbocycles. The number of piperidine rings is 1. The summed E-state index contributed by atoms with van der Waals surface area (Å²) >= 11 is 0. The van der Waals surface area contributed by atoms with E-state index in [-0.39, 0.29) is 18.0 Å². The molecular formula is C17H25N5O. The number of nitrogens with two attached hydrogens (primary N) is 1. The molecule has 6 nitrogen and oxygen atoms in total. The quantitative estimate of drug-likeness (QED) is 0.942. The van der Waals surface area contributed by atoms with Crippen LogP contribution in [-0.4, -0.2) is 44.7 Å². The Morgan fingerprint density at radius 2 is 2.13 bits per heavy atom. The fourth-order valence-electron chi connectivity index (χ4n) is 3.09. The molecule has 1 amide bonds. The summed E-state index contributed by atoms with van der Waals surface area (Å²) in [5, 5.41) is 5.31. The van der Waals surface area contributed by atoms with Crippen LogP contribution in [0.2, 0.25) is 0 Å². The van der Waals surface area contributed by atoms with Gasteiger partial charge in [0, 0.05) is 24.8 Å². The van der Waals surface area contributed by atoms with Gasteiger partial charge in [0.15, 0.2) is 5.65 Å². The van der Waals surface area contributed by atoms with Crippen molar-refractivity contribution in [2.75, 3.05) is 13.1 Å². The summed E-state index contributed by atoms with van der Waals surface area (Å²) in [5.74, 6) is 0.0658. The van der Waals surface area contributed by atoms with E-state index >= 15 is 0 Å². The maximum Gasteiger partial charge on any atom is 0.254 e. The van der Waals surface area contributed by atoms with E-state index in [0.29, 0.717) is 5.56 Å². The summed E-state index contributed by atoms with van der Waals surface area (Å²) in [6.07, 6.45) is 4.48. The predicted octanol–water partition coefficient (Wildman–Crippen LogP) is 2.27. The van der Waals surface area contributed by atoms with Crippen molar-refractivity contribution in [1.29, 1.82) is 0 Å². The Kier molecular flexibility index (Phi) is 4.35. The van der Waals surface area contributed by atoms with Crippen molar-refractivity contribution in [2.45, 2.75) is 52.1 Å². The van der Waals surface area contributed by atoms with Gasteiger partial charge >= 0.3 is 0 Å². The second-order valence-electron chi connectivity index (χ2n) is 6.52. The van der Waals surface area contributed by atoms with Crippen LogP contribution in [0.1, 0.15) is 55.2 Å². The molecule has 124 valence electrons. The van der Waals surface area contributed by atoms with Gasteiger partial charge in [0.25, 0.3) is 5.91 Å². The van der Waals surface area contributed by atoms with Crippen molar-refractivity contribution in [3.8, 4) is 0 Å². The number of amides is 1. The largest absolute Gasteiger partial charge is 0.339 e. The highest BCUT2D eigenvalue weighted by atomic mass is 16.2. The maximum atomic E-state index is 12.9. The van der Waals surface area contributed by atoms with Crippen molar-refractivity contribution >= 4 is 16.9 Å². The zero-order chi connectivity index (χ0) is 16.6. The summed E-state index contributed by atoms with van der Waals surface area (Å²) in [5.41, 5.74) is 8.30. The van der Waals surface area contributed by atoms with Crippen LogP contribution >= 0.6 is 0 Å². The third-order valence-electron chi connectivity index (χ3n) is 4.76. The van der Waals surface area contributed by atoms with Crippen molar-refractivity contribution in [3.63, 3.8) is 0 Å². The highest BCUT2D eigenvalue weighted by Gasteiger charge is 2.25. The van der Waals surface area contributed by atoms with Crippen LogP contribution in [-0.2, 0) is 0 Å². The molecule has 1 aliphatic heterocycles. The van der Waals surface area contributed by atoms with E-state index in [2.05, 4.69) is 23.9 Å². The Labute approximate surface area is 136 Å². The molecule has 1 aliphatic rings. The number of aryl methyl sites for hydroxylation is 1. The number of fused-ring (bicyclic) bond motifs is 1. The van der Waals surface area contributed by atoms with Gasteiger partial charge in [-0.3, -0.25) is 4.79 Å². The molecule has 2 N–H and O–H groups in total. The third kappa shape index (κ3) is 2.95. The van der Waals surface area contributed by atoms with Crippen LogP contribution in [0.4, 0.5) is 0 Å². The van der Waals surface area contributed by atoms with Crippen molar-refractivity contribution in [3.05, 3.63) is 23.5 Å². The molecule has 1 unspecified atom stereocenters. The van der Waals surface area contributed by atoms with Gasteiger partial charge in [-0.1, -0.05) is 6.92 Å². The normalized spacial score (nSPS) is 17.7. The lowest BCUT2D eigenvalue weighted by molar-refractivity contribution is 0.0716. The Hall–Kier alpha value is -1.95. The zero-order valence-electron chi connectivity index (χ0n) is 14.1. The van der Waals surface area contributed by atoms with Crippen molar-refractivity contribution in [1.82, 2.24) is 19.7 Å². The molecule has 0 saturated carbocycles. The number of rotatable bonds is 3. The minimum Gasteiger partial charge on any atom is -0.339 e. The predicted molar refractivity (Wildman–Crippen MR) is 90.4 cm³/mol. The van der Waals surface area contributed by atoms with Crippen LogP contribution in [0.15, 0.2) is 12.3 Å². The number of hydrogen-bond acceptors (Lipinski definition) is 4. The molecule has 1 fully saturated rings. The van der Waals surface area contributed by atoms with E-state index < -0.39 is 0 Å². The van der Waals surface area contributed by atoms with E-state index in [1.54, 1.807) is 6.20 Å². The van der Waals surface area contributed by atoms with E-state index in [1.807, 2.05) is 22.6 Å². The SMILES string of the molecule is CCC(C)n1ncc2c(C(=O)N3CCC(N)CC3)cc(C)nc21. The second-order valence-corrected chi connectivity index (χ2v) is 6.52. The Balaban J connectivity index is 2.00. The van der Waals surface area contributed by atoms with E-state index in [4.69, 9.17) is 5.73 Å². The number of nitrogens with zero attached hydrogens (tertiary/aromatic N) is 4. The highest BCUT2D eigenvalue weighted by molar-refractivity contribution is 6.05. The Bertz CT molecular complexity index is 715. The van der Waals surface area contributed by atoms with Crippen LogP contribution in [0.5, 0.6) is 0 Å². The molecule has 0 spiro atoms. The van der Waals surface area contributed by atoms with Gasteiger partial charge < -0.3 is 10.6 Å². The Morgan fingerprint density at radius 1 is 1.43 bits per heavy atom. The molecule has 3 heterocycles. The van der Waals surface area contributed by atoms with E-state index in [9.17, 15) is 4.79 Å². The molecule has 0 bridgehead atoms. The van der Waals surface area contributed by atoms with Crippen LogP contribution in [0.3, 0.4) is 0 Å². The molecule has 0 radical (unpaired) electrons. The number of hydrogen-bond donors (Lipinski definition) is 1. The van der Waals surface area contributed by atoms with Gasteiger partial charge in [-0.05, 0) is 39.2 Å². The van der Waals surface area contributed by atoms with Gasteiger partial charge in [0.1, 0.15) is 0 Å². The number of pyridine rings is 1. The zero-order valence-corrected chi connectivity index (χ0v) is 14.1. The van der Waals surface area contributed by atoms with Crippen LogP contribution in [0, 0.1) is 6.92 Å². The average Bonchev–Trinajstić information content (AvgIpc) is 2.97. The number of likely N-dealkylation sites (tertiary alicyclic amines) is 1. The monoisotopic (exact) mass is 315 g/mol. The standard InChI is InChI=1S/C17H25N5O/c1-4-12(3)22-16-15(10-19-22)14(9-11(2)20-16)17(23)21-7-5-13(18)6-8-21/h9-10,12-13H,4-8,18H2,1-3H3. The summed E-state index contributed by atoms with van der Waals surface area (Å²) < 4.78 is 1.92. The highest BCUT2D eigenvalue weighted by Crippen LogP contribution is 2.24. The second kappa shape index (κ2) is 6.28. The lowest BCUT2D eigenvalue weighted by Gasteiger charge is -2.30. The fraction of sp³-hybridized carbons (Fsp3) is 0.588. The van der Waals surface area contributed by atoms with Gasteiger partial charge in [-0.25, -0.2) is 9.67 Å². The first kappa shape index (κ1) is 15.9. The lowest BCUT2D eigenvalue weighted by atomic mass is 10.0. The van der Waals surface area contributed by atoms with Crippen molar-refractivity contribution in [2.24, 2.45) is 5.73 Å². The molecule has 23 heavy (non-hydrogen) atoms. The molecule has 6 heteroatoms. The first-order valence-electron chi connectivity index (χ1n) is 8.41. The number of carbonyl (C=O) groups excluding carboxylic acids is 1. The van der Waals surface area contributed by atoms with E-state index in [0.717, 1.165) is 49.1 Å². The first-order valence-corrected chi connectivity index (χ1v) is 8.41. The molecule has 1 atom stereocenters. The molecule has 2 aromatic heterocycles. The molecule has 3 rings (SSSR count). The van der Waals surface area contributed by atoms with Crippen molar-refractivity contribution < 1.29 is 4.79 Å². The van der Waals surface area contributed by atoms with Crippen LogP contribution in [0.25, 0.3) is 11.0 Å². The maximum absolute atomic E-state index is 12.9. The van der Waals surface area contributed by atoms with E-state index in [1.165, 1.54) is 0 Å². The summed E-state index contributed by atoms with van der Waals surface area (Å²) in [6, 6.07) is 2.35. The molecule has 0 aromatic carbocycles. The third-order valence-corrected chi connectivity index (χ3v) is 4.76. The summed E-state index contributed by atoms with van der Waals surface area (Å²) in [6.45, 7) is 7.61. The lowest BCUT2D eigenvalue weighted by Crippen LogP contribution is -2.42. The molecular weight excluding hydrogens is 290 g/mol. The topological polar surface area (TPSA) is 77.0 Å². The average molecular weight is 315 g/mol. The van der Waals surface area contributed by atoms with Gasteiger partial charge in [-0.2, -0.15) is 5.10 Å². The summed E-state index contributed by atoms with van der Waals surface area (Å²) in [4.78, 5) is 19.5. The minimum atomic E-state index is 0.0658. The van der Waals surface area contributed by atoms with Gasteiger partial charge in [0.2, 0.25) is 0 Å². The van der Waals surface area contributed by atoms with Crippen LogP contribution < -0.4 is 5.73 Å². The van der Waals surface area contributed by atoms with Gasteiger partial charge in [-0.15, -0.1) is 0 Å². The Morgan fingerprint density at radius 3 is 2.78 bits per heavy atom. The number of aromatic nitrogens is 3. The summed E-state index contributed by atoms with van der Waals surface area (Å²) in [7, 11) is 0. The molecule has 2 aromatic rings. The van der Waals surface area contributed by atoms with Gasteiger partial charge in [0.05, 0.1) is 23.2 Å². The number of carbonyl (C=O) groups is 1. The molecule has 1 saturated heterocycles.